The third-order valence-electron chi connectivity index (χ3n) is 4.46. The fraction of sp³-hybridized carbons (Fsp3) is 0.389. The van der Waals surface area contributed by atoms with Gasteiger partial charge in [-0.25, -0.2) is 4.79 Å². The van der Waals surface area contributed by atoms with Crippen molar-refractivity contribution in [3.63, 3.8) is 0 Å². The number of carbonyl (C=O) groups excluding carboxylic acids is 2. The van der Waals surface area contributed by atoms with Gasteiger partial charge < -0.3 is 20.4 Å². The Morgan fingerprint density at radius 3 is 2.41 bits per heavy atom. The first-order valence-corrected chi connectivity index (χ1v) is 9.15. The second kappa shape index (κ2) is 8.30. The summed E-state index contributed by atoms with van der Waals surface area (Å²) in [6, 6.07) is 6.79. The van der Waals surface area contributed by atoms with Crippen LogP contribution in [0.2, 0.25) is 5.02 Å². The second-order valence-corrected chi connectivity index (χ2v) is 6.95. The molecule has 1 atom stereocenters. The number of nitrogens with one attached hydrogen (secondary N) is 2. The molecule has 9 heteroatoms. The number of rotatable bonds is 4. The summed E-state index contributed by atoms with van der Waals surface area (Å²) in [5.41, 5.74) is 1.68. The minimum absolute atomic E-state index is 0.236. The van der Waals surface area contributed by atoms with Crippen LogP contribution in [0.15, 0.2) is 36.7 Å². The van der Waals surface area contributed by atoms with Gasteiger partial charge in [-0.15, -0.1) is 0 Å². The number of aryl methyl sites for hydroxylation is 1. The Morgan fingerprint density at radius 2 is 1.81 bits per heavy atom. The lowest BCUT2D eigenvalue weighted by Gasteiger charge is -2.36. The summed E-state index contributed by atoms with van der Waals surface area (Å²) in [5, 5.41) is 10.2. The zero-order chi connectivity index (χ0) is 19.4. The Kier molecular flexibility index (Phi) is 5.85. The Balaban J connectivity index is 1.47. The molecule has 2 heterocycles. The van der Waals surface area contributed by atoms with Crippen molar-refractivity contribution < 1.29 is 9.59 Å². The van der Waals surface area contributed by atoms with Crippen LogP contribution in [0, 0.1) is 0 Å². The third-order valence-corrected chi connectivity index (χ3v) is 4.72. The lowest BCUT2D eigenvalue weighted by atomic mass is 10.2. The van der Waals surface area contributed by atoms with Crippen LogP contribution in [0.5, 0.6) is 0 Å². The summed E-state index contributed by atoms with van der Waals surface area (Å²) in [6.07, 6.45) is 3.25. The summed E-state index contributed by atoms with van der Waals surface area (Å²) < 4.78 is 1.60. The molecule has 0 saturated carbocycles. The molecule has 1 fully saturated rings. The minimum Gasteiger partial charge on any atom is -0.368 e. The summed E-state index contributed by atoms with van der Waals surface area (Å²) in [4.78, 5) is 28.6. The van der Waals surface area contributed by atoms with Crippen LogP contribution in [0.4, 0.5) is 16.2 Å². The lowest BCUT2D eigenvalue weighted by molar-refractivity contribution is -0.117. The van der Waals surface area contributed by atoms with Crippen molar-refractivity contribution >= 4 is 34.9 Å². The minimum atomic E-state index is -0.646. The van der Waals surface area contributed by atoms with Crippen molar-refractivity contribution in [1.82, 2.24) is 20.0 Å². The number of anilines is 2. The van der Waals surface area contributed by atoms with E-state index >= 15 is 0 Å². The highest BCUT2D eigenvalue weighted by atomic mass is 35.5. The van der Waals surface area contributed by atoms with Crippen LogP contribution >= 0.6 is 11.6 Å². The number of nitrogens with zero attached hydrogens (tertiary/aromatic N) is 4. The van der Waals surface area contributed by atoms with Crippen LogP contribution in [-0.2, 0) is 11.8 Å². The lowest BCUT2D eigenvalue weighted by Crippen LogP contribution is -2.54. The summed E-state index contributed by atoms with van der Waals surface area (Å²) >= 11 is 5.92. The van der Waals surface area contributed by atoms with Crippen molar-refractivity contribution in [2.75, 3.05) is 36.4 Å². The molecule has 3 rings (SSSR count). The van der Waals surface area contributed by atoms with Crippen LogP contribution in [-0.4, -0.2) is 58.8 Å². The third kappa shape index (κ3) is 4.91. The van der Waals surface area contributed by atoms with Crippen LogP contribution < -0.4 is 15.5 Å². The highest BCUT2D eigenvalue weighted by Gasteiger charge is 2.24. The highest BCUT2D eigenvalue weighted by Crippen LogP contribution is 2.19. The number of hydrogen-bond donors (Lipinski definition) is 2. The Labute approximate surface area is 163 Å². The number of urea groups is 1. The SMILES string of the molecule is C[C@@H](NC(=O)N1CCN(c2ccc(Cl)cc2)CC1)C(=O)Nc1cnn(C)c1. The number of aromatic nitrogens is 2. The van der Waals surface area contributed by atoms with Gasteiger partial charge in [-0.1, -0.05) is 11.6 Å². The van der Waals surface area contributed by atoms with Crippen molar-refractivity contribution in [3.05, 3.63) is 41.7 Å². The molecule has 1 aliphatic heterocycles. The number of hydrogen-bond acceptors (Lipinski definition) is 4. The van der Waals surface area contributed by atoms with E-state index in [0.29, 0.717) is 23.8 Å². The predicted molar refractivity (Wildman–Crippen MR) is 105 cm³/mol. The van der Waals surface area contributed by atoms with E-state index in [2.05, 4.69) is 20.6 Å². The van der Waals surface area contributed by atoms with Gasteiger partial charge in [-0.3, -0.25) is 9.48 Å². The monoisotopic (exact) mass is 390 g/mol. The quantitative estimate of drug-likeness (QED) is 0.835. The molecular weight excluding hydrogens is 368 g/mol. The van der Waals surface area contributed by atoms with Crippen LogP contribution in [0.3, 0.4) is 0 Å². The molecule has 1 aromatic carbocycles. The first kappa shape index (κ1) is 19.0. The standard InChI is InChI=1S/C18H23ClN6O2/c1-13(17(26)22-15-11-20-23(2)12-15)21-18(27)25-9-7-24(8-10-25)16-5-3-14(19)4-6-16/h3-6,11-13H,7-10H2,1-2H3,(H,21,27)(H,22,26)/t13-/m1/s1. The molecule has 144 valence electrons. The maximum Gasteiger partial charge on any atom is 0.318 e. The molecule has 0 bridgehead atoms. The fourth-order valence-electron chi connectivity index (χ4n) is 2.90. The van der Waals surface area contributed by atoms with Gasteiger partial charge in [0.25, 0.3) is 0 Å². The van der Waals surface area contributed by atoms with Gasteiger partial charge >= 0.3 is 6.03 Å². The predicted octanol–water partition coefficient (Wildman–Crippen LogP) is 1.93. The molecule has 0 unspecified atom stereocenters. The van der Waals surface area contributed by atoms with Gasteiger partial charge in [-0.2, -0.15) is 5.10 Å². The summed E-state index contributed by atoms with van der Waals surface area (Å²) in [6.45, 7) is 4.29. The van der Waals surface area contributed by atoms with Crippen molar-refractivity contribution in [1.29, 1.82) is 0 Å². The first-order valence-electron chi connectivity index (χ1n) is 8.78. The maximum atomic E-state index is 12.4. The van der Waals surface area contributed by atoms with Gasteiger partial charge in [0.05, 0.1) is 11.9 Å². The van der Waals surface area contributed by atoms with E-state index in [1.54, 1.807) is 35.9 Å². The molecule has 2 N–H and O–H groups in total. The van der Waals surface area contributed by atoms with E-state index in [1.807, 2.05) is 24.3 Å². The van der Waals surface area contributed by atoms with E-state index in [0.717, 1.165) is 18.8 Å². The number of halogens is 1. The van der Waals surface area contributed by atoms with Gasteiger partial charge in [0.1, 0.15) is 6.04 Å². The number of amides is 3. The largest absolute Gasteiger partial charge is 0.368 e. The maximum absolute atomic E-state index is 12.4. The Morgan fingerprint density at radius 1 is 1.15 bits per heavy atom. The molecule has 1 aromatic heterocycles. The van der Waals surface area contributed by atoms with E-state index in [-0.39, 0.29) is 11.9 Å². The van der Waals surface area contributed by atoms with E-state index in [9.17, 15) is 9.59 Å². The van der Waals surface area contributed by atoms with Crippen molar-refractivity contribution in [2.24, 2.45) is 7.05 Å². The Bertz CT molecular complexity index is 798. The smallest absolute Gasteiger partial charge is 0.318 e. The van der Waals surface area contributed by atoms with Crippen LogP contribution in [0.1, 0.15) is 6.92 Å². The topological polar surface area (TPSA) is 82.5 Å². The molecular formula is C18H23ClN6O2. The normalized spacial score (nSPS) is 15.4. The zero-order valence-electron chi connectivity index (χ0n) is 15.4. The number of carbonyl (C=O) groups is 2. The van der Waals surface area contributed by atoms with E-state index < -0.39 is 6.04 Å². The van der Waals surface area contributed by atoms with Gasteiger partial charge in [0, 0.05) is 50.1 Å². The van der Waals surface area contributed by atoms with Crippen molar-refractivity contribution in [2.45, 2.75) is 13.0 Å². The van der Waals surface area contributed by atoms with E-state index in [4.69, 9.17) is 11.6 Å². The Hall–Kier alpha value is -2.74. The first-order chi connectivity index (χ1) is 12.9. The number of benzene rings is 1. The van der Waals surface area contributed by atoms with Crippen molar-refractivity contribution in [3.8, 4) is 0 Å². The van der Waals surface area contributed by atoms with Gasteiger partial charge in [0.2, 0.25) is 5.91 Å². The summed E-state index contributed by atoms with van der Waals surface area (Å²) in [7, 11) is 1.77. The zero-order valence-corrected chi connectivity index (χ0v) is 16.1. The van der Waals surface area contributed by atoms with Gasteiger partial charge in [0.15, 0.2) is 0 Å². The molecule has 0 radical (unpaired) electrons. The average molecular weight is 391 g/mol. The molecule has 0 spiro atoms. The van der Waals surface area contributed by atoms with E-state index in [1.165, 1.54) is 0 Å². The molecule has 27 heavy (non-hydrogen) atoms. The molecule has 0 aliphatic carbocycles. The molecule has 1 saturated heterocycles. The molecule has 8 nitrogen and oxygen atoms in total. The number of piperazine rings is 1. The fourth-order valence-corrected chi connectivity index (χ4v) is 3.02. The molecule has 1 aliphatic rings. The van der Waals surface area contributed by atoms with Crippen LogP contribution in [0.25, 0.3) is 0 Å². The molecule has 2 aromatic rings. The second-order valence-electron chi connectivity index (χ2n) is 6.51. The average Bonchev–Trinajstić information content (AvgIpc) is 3.07. The molecule has 3 amide bonds. The summed E-state index contributed by atoms with van der Waals surface area (Å²) in [5.74, 6) is -0.281. The highest BCUT2D eigenvalue weighted by molar-refractivity contribution is 6.30. The van der Waals surface area contributed by atoms with Gasteiger partial charge in [-0.05, 0) is 31.2 Å².